The molecule has 1 rings (SSSR count). The largest absolute Gasteiger partial charge is 0.364 e. The summed E-state index contributed by atoms with van der Waals surface area (Å²) in [6, 6.07) is 3.82. The van der Waals surface area contributed by atoms with Gasteiger partial charge in [-0.15, -0.1) is 0 Å². The van der Waals surface area contributed by atoms with Crippen LogP contribution in [0.25, 0.3) is 0 Å². The molecule has 0 atom stereocenters. The molecule has 1 aromatic rings. The summed E-state index contributed by atoms with van der Waals surface area (Å²) in [4.78, 5) is 4.07. The van der Waals surface area contributed by atoms with Crippen LogP contribution in [0.4, 0.5) is 0 Å². The van der Waals surface area contributed by atoms with E-state index in [0.29, 0.717) is 22.4 Å². The van der Waals surface area contributed by atoms with Gasteiger partial charge in [-0.1, -0.05) is 6.07 Å². The van der Waals surface area contributed by atoms with Crippen molar-refractivity contribution >= 4 is 46.6 Å². The quantitative estimate of drug-likeness (QED) is 0.349. The number of rotatable bonds is 5. The van der Waals surface area contributed by atoms with Gasteiger partial charge in [0.05, 0.1) is 11.9 Å². The molecule has 4 N–H and O–H groups in total. The lowest BCUT2D eigenvalue weighted by atomic mass is 10.1. The zero-order chi connectivity index (χ0) is 15.5. The Morgan fingerprint density at radius 1 is 1.24 bits per heavy atom. The van der Waals surface area contributed by atoms with Crippen molar-refractivity contribution in [1.29, 1.82) is 0 Å². The van der Waals surface area contributed by atoms with Crippen LogP contribution in [0, 0.1) is 0 Å². The van der Waals surface area contributed by atoms with E-state index in [9.17, 15) is 0 Å². The third-order valence-electron chi connectivity index (χ3n) is 2.24. The number of pyridine rings is 1. The van der Waals surface area contributed by atoms with Crippen molar-refractivity contribution in [2.45, 2.75) is 6.42 Å². The summed E-state index contributed by atoms with van der Waals surface area (Å²) < 4.78 is 0. The number of aromatic nitrogens is 1. The topological polar surface area (TPSA) is 85.7 Å². The van der Waals surface area contributed by atoms with E-state index >= 15 is 0 Å². The molecule has 0 unspecified atom stereocenters. The molecular formula is C12H17N7S2. The van der Waals surface area contributed by atoms with Gasteiger partial charge < -0.3 is 10.6 Å². The average Bonchev–Trinajstić information content (AvgIpc) is 2.52. The molecule has 0 saturated carbocycles. The van der Waals surface area contributed by atoms with Gasteiger partial charge in [0.1, 0.15) is 0 Å². The van der Waals surface area contributed by atoms with E-state index in [1.54, 1.807) is 32.7 Å². The van der Waals surface area contributed by atoms with E-state index in [-0.39, 0.29) is 0 Å². The van der Waals surface area contributed by atoms with Crippen molar-refractivity contribution in [1.82, 2.24) is 26.5 Å². The van der Waals surface area contributed by atoms with E-state index in [0.717, 1.165) is 5.56 Å². The van der Waals surface area contributed by atoms with E-state index in [4.69, 9.17) is 24.4 Å². The minimum absolute atomic E-state index is 0.422. The highest BCUT2D eigenvalue weighted by molar-refractivity contribution is 7.80. The van der Waals surface area contributed by atoms with Crippen LogP contribution in [-0.4, -0.2) is 41.2 Å². The summed E-state index contributed by atoms with van der Waals surface area (Å²) in [7, 11) is 3.43. The molecular weight excluding hydrogens is 306 g/mol. The lowest BCUT2D eigenvalue weighted by Gasteiger charge is -2.05. The van der Waals surface area contributed by atoms with Crippen LogP contribution < -0.4 is 21.5 Å². The van der Waals surface area contributed by atoms with Gasteiger partial charge in [0.2, 0.25) is 0 Å². The summed E-state index contributed by atoms with van der Waals surface area (Å²) >= 11 is 9.91. The number of thiocarbonyl (C=S) groups is 2. The van der Waals surface area contributed by atoms with Gasteiger partial charge in [0.25, 0.3) is 0 Å². The fourth-order valence-corrected chi connectivity index (χ4v) is 1.32. The van der Waals surface area contributed by atoms with Crippen LogP contribution in [0.1, 0.15) is 5.56 Å². The Morgan fingerprint density at radius 2 is 1.95 bits per heavy atom. The minimum atomic E-state index is 0.422. The zero-order valence-corrected chi connectivity index (χ0v) is 13.4. The van der Waals surface area contributed by atoms with Gasteiger partial charge in [-0.2, -0.15) is 10.2 Å². The van der Waals surface area contributed by atoms with E-state index < -0.39 is 0 Å². The lowest BCUT2D eigenvalue weighted by molar-refractivity contribution is 0.965. The highest BCUT2D eigenvalue weighted by Gasteiger charge is 2.00. The van der Waals surface area contributed by atoms with Crippen molar-refractivity contribution in [2.24, 2.45) is 10.2 Å². The number of nitrogens with one attached hydrogen (secondary N) is 4. The first-order valence-corrected chi connectivity index (χ1v) is 6.91. The lowest BCUT2D eigenvalue weighted by Crippen LogP contribution is -2.31. The van der Waals surface area contributed by atoms with E-state index in [1.807, 2.05) is 12.1 Å². The molecule has 0 aromatic carbocycles. The molecule has 0 amide bonds. The maximum absolute atomic E-state index is 4.98. The van der Waals surface area contributed by atoms with Crippen LogP contribution in [0.15, 0.2) is 34.7 Å². The third kappa shape index (κ3) is 7.28. The Kier molecular flexibility index (Phi) is 7.84. The summed E-state index contributed by atoms with van der Waals surface area (Å²) in [6.45, 7) is 0. The predicted octanol–water partition coefficient (Wildman–Crippen LogP) is 0.154. The number of hydrazone groups is 2. The molecule has 1 aromatic heterocycles. The Hall–Kier alpha value is -2.13. The van der Waals surface area contributed by atoms with Crippen molar-refractivity contribution in [3.63, 3.8) is 0 Å². The van der Waals surface area contributed by atoms with E-state index in [1.165, 1.54) is 0 Å². The molecule has 1 heterocycles. The van der Waals surface area contributed by atoms with Gasteiger partial charge in [-0.3, -0.25) is 15.8 Å². The molecule has 7 nitrogen and oxygen atoms in total. The number of hydrogen-bond acceptors (Lipinski definition) is 5. The van der Waals surface area contributed by atoms with Crippen LogP contribution in [0.5, 0.6) is 0 Å². The van der Waals surface area contributed by atoms with Gasteiger partial charge in [-0.05, 0) is 36.1 Å². The normalized spacial score (nSPS) is 11.0. The maximum atomic E-state index is 4.98. The van der Waals surface area contributed by atoms with Crippen LogP contribution in [0.3, 0.4) is 0 Å². The monoisotopic (exact) mass is 323 g/mol. The first kappa shape index (κ1) is 16.9. The van der Waals surface area contributed by atoms with Gasteiger partial charge in [0, 0.05) is 32.9 Å². The smallest absolute Gasteiger partial charge is 0.186 e. The SMILES string of the molecule is CNC(=S)N/N=C/C(Cc1cccnc1)=N/NC(=S)NC. The fourth-order valence-electron chi connectivity index (χ4n) is 1.23. The van der Waals surface area contributed by atoms with Gasteiger partial charge >= 0.3 is 0 Å². The third-order valence-corrected chi connectivity index (χ3v) is 2.83. The zero-order valence-electron chi connectivity index (χ0n) is 11.8. The Bertz CT molecular complexity index is 528. The highest BCUT2D eigenvalue weighted by Crippen LogP contribution is 1.98. The number of hydrogen-bond donors (Lipinski definition) is 4. The van der Waals surface area contributed by atoms with E-state index in [2.05, 4.69) is 36.7 Å². The Morgan fingerprint density at radius 3 is 2.57 bits per heavy atom. The van der Waals surface area contributed by atoms with Crippen LogP contribution in [-0.2, 0) is 6.42 Å². The summed E-state index contributed by atoms with van der Waals surface area (Å²) in [6.07, 6.45) is 5.62. The van der Waals surface area contributed by atoms with Crippen molar-refractivity contribution in [3.05, 3.63) is 30.1 Å². The van der Waals surface area contributed by atoms with Crippen LogP contribution >= 0.6 is 24.4 Å². The second-order valence-corrected chi connectivity index (χ2v) is 4.60. The second-order valence-electron chi connectivity index (χ2n) is 3.78. The highest BCUT2D eigenvalue weighted by atomic mass is 32.1. The summed E-state index contributed by atoms with van der Waals surface area (Å²) in [5.74, 6) is 0. The Balaban J connectivity index is 2.74. The predicted molar refractivity (Wildman–Crippen MR) is 93.5 cm³/mol. The molecule has 0 aliphatic heterocycles. The van der Waals surface area contributed by atoms with Crippen molar-refractivity contribution in [2.75, 3.05) is 14.1 Å². The van der Waals surface area contributed by atoms with Crippen molar-refractivity contribution in [3.8, 4) is 0 Å². The molecule has 21 heavy (non-hydrogen) atoms. The first-order chi connectivity index (χ1) is 10.2. The molecule has 0 fully saturated rings. The molecule has 112 valence electrons. The standard InChI is InChI=1S/C12H17N7S2/c1-13-11(20)18-16-8-10(17-19-12(21)14-2)6-9-4-3-5-15-7-9/h3-5,7-8H,6H2,1-2H3,(H2,13,18,20)(H2,14,19,21)/b16-8+,17-10+. The second kappa shape index (κ2) is 9.72. The van der Waals surface area contributed by atoms with Gasteiger partial charge in [0.15, 0.2) is 10.2 Å². The average molecular weight is 323 g/mol. The summed E-state index contributed by atoms with van der Waals surface area (Å²) in [5, 5.41) is 14.6. The molecule has 0 spiro atoms. The van der Waals surface area contributed by atoms with Gasteiger partial charge in [-0.25, -0.2) is 0 Å². The molecule has 0 bridgehead atoms. The number of nitrogens with zero attached hydrogens (tertiary/aromatic N) is 3. The molecule has 9 heteroatoms. The molecule has 0 aliphatic carbocycles. The molecule has 0 saturated heterocycles. The maximum Gasteiger partial charge on any atom is 0.186 e. The Labute approximate surface area is 134 Å². The first-order valence-electron chi connectivity index (χ1n) is 6.09. The fraction of sp³-hybridized carbons (Fsp3) is 0.250. The minimum Gasteiger partial charge on any atom is -0.364 e. The van der Waals surface area contributed by atoms with Crippen LogP contribution in [0.2, 0.25) is 0 Å². The molecule has 0 radical (unpaired) electrons. The summed E-state index contributed by atoms with van der Waals surface area (Å²) in [5.41, 5.74) is 7.08. The molecule has 0 aliphatic rings. The van der Waals surface area contributed by atoms with Crippen molar-refractivity contribution < 1.29 is 0 Å².